The smallest absolute Gasteiger partial charge is 0.0949 e. The van der Waals surface area contributed by atoms with Crippen LogP contribution in [0.4, 0.5) is 5.69 Å². The van der Waals surface area contributed by atoms with Gasteiger partial charge in [0.05, 0.1) is 34.3 Å². The SMILES string of the molecule is Cc1ccc(C2C=C(C3=CC=CC4CC34)c3ccc4ccc(-c5ccccc5)nc4c3N2C)cc1-c1ccc(-c2cc(-c3ccccc3)cc(-c3ccccc3)n2)cc1. The second-order valence-electron chi connectivity index (χ2n) is 16.3. The van der Waals surface area contributed by atoms with Crippen molar-refractivity contribution in [1.82, 2.24) is 9.97 Å². The number of nitrogens with zero attached hydrogens (tertiary/aromatic N) is 3. The number of aryl methyl sites for hydroxylation is 1. The zero-order valence-electron chi connectivity index (χ0n) is 33.3. The average molecular weight is 758 g/mol. The maximum absolute atomic E-state index is 5.40. The maximum Gasteiger partial charge on any atom is 0.0949 e. The number of likely N-dealkylation sites (N-methyl/N-ethyl adjacent to an activating group) is 1. The molecular formula is C56H43N3. The van der Waals surface area contributed by atoms with Gasteiger partial charge in [-0.3, -0.25) is 0 Å². The number of anilines is 1. The van der Waals surface area contributed by atoms with Gasteiger partial charge in [-0.2, -0.15) is 0 Å². The van der Waals surface area contributed by atoms with Crippen molar-refractivity contribution in [2.75, 3.05) is 11.9 Å². The molecule has 8 aromatic rings. The molecule has 3 heterocycles. The summed E-state index contributed by atoms with van der Waals surface area (Å²) in [5.74, 6) is 1.23. The van der Waals surface area contributed by atoms with Gasteiger partial charge in [-0.05, 0) is 100 Å². The number of rotatable bonds is 7. The molecule has 3 atom stereocenters. The van der Waals surface area contributed by atoms with Gasteiger partial charge in [-0.25, -0.2) is 9.97 Å². The lowest BCUT2D eigenvalue weighted by atomic mass is 9.83. The van der Waals surface area contributed by atoms with E-state index in [0.29, 0.717) is 11.8 Å². The van der Waals surface area contributed by atoms with Crippen molar-refractivity contribution in [3.63, 3.8) is 0 Å². The molecule has 0 amide bonds. The van der Waals surface area contributed by atoms with E-state index in [1.165, 1.54) is 56.6 Å². The van der Waals surface area contributed by atoms with Crippen molar-refractivity contribution in [3.05, 3.63) is 216 Å². The number of allylic oxidation sites excluding steroid dienone is 5. The summed E-state index contributed by atoms with van der Waals surface area (Å²) in [6.07, 6.45) is 10.8. The Morgan fingerprint density at radius 1 is 0.542 bits per heavy atom. The monoisotopic (exact) mass is 757 g/mol. The molecule has 1 aliphatic heterocycles. The van der Waals surface area contributed by atoms with Crippen molar-refractivity contribution in [1.29, 1.82) is 0 Å². The van der Waals surface area contributed by atoms with Crippen molar-refractivity contribution in [2.45, 2.75) is 19.4 Å². The Labute approximate surface area is 346 Å². The second kappa shape index (κ2) is 14.4. The number of aromatic nitrogens is 2. The van der Waals surface area contributed by atoms with Gasteiger partial charge in [0.2, 0.25) is 0 Å². The molecule has 11 rings (SSSR count). The third-order valence-corrected chi connectivity index (χ3v) is 12.6. The van der Waals surface area contributed by atoms with Crippen LogP contribution in [0.15, 0.2) is 200 Å². The van der Waals surface area contributed by atoms with Crippen LogP contribution in [0.5, 0.6) is 0 Å². The lowest BCUT2D eigenvalue weighted by molar-refractivity contribution is 0.799. The van der Waals surface area contributed by atoms with E-state index in [1.54, 1.807) is 0 Å². The Morgan fingerprint density at radius 3 is 1.88 bits per heavy atom. The molecule has 0 N–H and O–H groups in total. The molecule has 3 heteroatoms. The van der Waals surface area contributed by atoms with E-state index in [1.807, 2.05) is 0 Å². The van der Waals surface area contributed by atoms with E-state index < -0.39 is 0 Å². The predicted octanol–water partition coefficient (Wildman–Crippen LogP) is 14.0. The molecule has 0 saturated heterocycles. The first-order chi connectivity index (χ1) is 29.1. The maximum atomic E-state index is 5.40. The lowest BCUT2D eigenvalue weighted by Gasteiger charge is -2.37. The summed E-state index contributed by atoms with van der Waals surface area (Å²) < 4.78 is 0. The van der Waals surface area contributed by atoms with Gasteiger partial charge >= 0.3 is 0 Å². The summed E-state index contributed by atoms with van der Waals surface area (Å²) in [6, 6.07) is 61.0. The Balaban J connectivity index is 0.992. The van der Waals surface area contributed by atoms with Crippen LogP contribution in [0, 0.1) is 18.8 Å². The average Bonchev–Trinajstić information content (AvgIpc) is 4.11. The molecule has 2 aromatic heterocycles. The van der Waals surface area contributed by atoms with Crippen LogP contribution in [0.25, 0.3) is 72.5 Å². The molecule has 0 bridgehead atoms. The summed E-state index contributed by atoms with van der Waals surface area (Å²) >= 11 is 0. The van der Waals surface area contributed by atoms with Gasteiger partial charge in [0.1, 0.15) is 0 Å². The van der Waals surface area contributed by atoms with Gasteiger partial charge in [0.15, 0.2) is 0 Å². The first-order valence-corrected chi connectivity index (χ1v) is 20.7. The molecule has 59 heavy (non-hydrogen) atoms. The minimum atomic E-state index is 0.0224. The van der Waals surface area contributed by atoms with Gasteiger partial charge in [0, 0.05) is 34.7 Å². The lowest BCUT2D eigenvalue weighted by Crippen LogP contribution is -2.28. The molecule has 3 nitrogen and oxygen atoms in total. The third kappa shape index (κ3) is 6.40. The largest absolute Gasteiger partial charge is 0.362 e. The van der Waals surface area contributed by atoms with E-state index in [4.69, 9.17) is 9.97 Å². The zero-order chi connectivity index (χ0) is 39.5. The quantitative estimate of drug-likeness (QED) is 0.162. The second-order valence-corrected chi connectivity index (χ2v) is 16.3. The zero-order valence-corrected chi connectivity index (χ0v) is 33.3. The number of pyridine rings is 2. The van der Waals surface area contributed by atoms with Gasteiger partial charge < -0.3 is 4.90 Å². The summed E-state index contributed by atoms with van der Waals surface area (Å²) in [4.78, 5) is 13.0. The van der Waals surface area contributed by atoms with E-state index in [-0.39, 0.29) is 6.04 Å². The highest BCUT2D eigenvalue weighted by atomic mass is 15.1. The Morgan fingerprint density at radius 2 is 1.17 bits per heavy atom. The molecule has 1 saturated carbocycles. The molecule has 0 spiro atoms. The van der Waals surface area contributed by atoms with E-state index >= 15 is 0 Å². The fourth-order valence-corrected chi connectivity index (χ4v) is 9.28. The van der Waals surface area contributed by atoms with Crippen LogP contribution >= 0.6 is 0 Å². The first-order valence-electron chi connectivity index (χ1n) is 20.7. The van der Waals surface area contributed by atoms with Gasteiger partial charge in [0.25, 0.3) is 0 Å². The third-order valence-electron chi connectivity index (χ3n) is 12.6. The first kappa shape index (κ1) is 35.1. The van der Waals surface area contributed by atoms with E-state index in [2.05, 4.69) is 213 Å². The normalized spacial score (nSPS) is 17.9. The highest BCUT2D eigenvalue weighted by Gasteiger charge is 2.42. The highest BCUT2D eigenvalue weighted by Crippen LogP contribution is 2.55. The summed E-state index contributed by atoms with van der Waals surface area (Å²) in [5, 5.41) is 1.15. The predicted molar refractivity (Wildman–Crippen MR) is 246 cm³/mol. The van der Waals surface area contributed by atoms with Crippen molar-refractivity contribution >= 4 is 22.2 Å². The van der Waals surface area contributed by atoms with Gasteiger partial charge in [-0.15, -0.1) is 0 Å². The van der Waals surface area contributed by atoms with Crippen LogP contribution in [0.2, 0.25) is 0 Å². The van der Waals surface area contributed by atoms with Crippen molar-refractivity contribution in [3.8, 4) is 56.0 Å². The van der Waals surface area contributed by atoms with Crippen LogP contribution < -0.4 is 4.90 Å². The minimum Gasteiger partial charge on any atom is -0.362 e. The van der Waals surface area contributed by atoms with Gasteiger partial charge in [-0.1, -0.05) is 164 Å². The topological polar surface area (TPSA) is 29.0 Å². The fourth-order valence-electron chi connectivity index (χ4n) is 9.28. The van der Waals surface area contributed by atoms with Crippen LogP contribution in [-0.4, -0.2) is 17.0 Å². The summed E-state index contributed by atoms with van der Waals surface area (Å²) in [5.41, 5.74) is 19.9. The summed E-state index contributed by atoms with van der Waals surface area (Å²) in [7, 11) is 2.25. The number of hydrogen-bond donors (Lipinski definition) is 0. The molecule has 6 aromatic carbocycles. The summed E-state index contributed by atoms with van der Waals surface area (Å²) in [6.45, 7) is 2.22. The molecule has 2 aliphatic carbocycles. The highest BCUT2D eigenvalue weighted by molar-refractivity contribution is 6.03. The molecule has 282 valence electrons. The number of hydrogen-bond acceptors (Lipinski definition) is 3. The standard InChI is InChI=1S/C56H43N3/c1-36-21-22-44(32-48(36)38-23-25-41(26-24-38)53-34-45(37-13-6-3-7-14-37)33-52(57-53)40-17-10-5-11-18-40)54-35-50(46-20-12-19-43-31-49(43)46)47-29-27-42-28-30-51(39-15-8-4-9-16-39)58-55(42)56(47)59(54)2/h3-30,32-35,43,49,54H,31H2,1-2H3. The Bertz CT molecular complexity index is 2920. The fraction of sp³-hybridized carbons (Fsp3) is 0.107. The number of benzene rings is 6. The molecule has 3 unspecified atom stereocenters. The molecular weight excluding hydrogens is 715 g/mol. The molecule has 0 radical (unpaired) electrons. The van der Waals surface area contributed by atoms with Crippen molar-refractivity contribution < 1.29 is 0 Å². The van der Waals surface area contributed by atoms with E-state index in [9.17, 15) is 0 Å². The van der Waals surface area contributed by atoms with Crippen LogP contribution in [-0.2, 0) is 0 Å². The number of fused-ring (bicyclic) bond motifs is 4. The Hall–Kier alpha value is -7.10. The minimum absolute atomic E-state index is 0.0224. The van der Waals surface area contributed by atoms with E-state index in [0.717, 1.165) is 50.2 Å². The van der Waals surface area contributed by atoms with Crippen LogP contribution in [0.3, 0.4) is 0 Å². The van der Waals surface area contributed by atoms with Crippen molar-refractivity contribution in [2.24, 2.45) is 11.8 Å². The molecule has 1 fully saturated rings. The Kier molecular flexibility index (Phi) is 8.55. The van der Waals surface area contributed by atoms with Crippen LogP contribution in [0.1, 0.15) is 29.2 Å². The molecule has 3 aliphatic rings.